The van der Waals surface area contributed by atoms with Gasteiger partial charge in [-0.15, -0.1) is 0 Å². The SMILES string of the molecule is COc1cc2nccc(Oc3ccc(NC(=O)c4cn(CC(=O)N5CCOCC5)cc(-c5ccc(F)cc5F)c4=O)nc3)c2cc1OC. The van der Waals surface area contributed by atoms with Crippen LogP contribution in [-0.4, -0.2) is 71.8 Å². The van der Waals surface area contributed by atoms with Gasteiger partial charge in [-0.25, -0.2) is 13.8 Å². The maximum absolute atomic E-state index is 14.8. The second-order valence-electron chi connectivity index (χ2n) is 10.7. The lowest BCUT2D eigenvalue weighted by Gasteiger charge is -2.27. The highest BCUT2D eigenvalue weighted by Gasteiger charge is 2.22. The van der Waals surface area contributed by atoms with Crippen LogP contribution in [0.15, 0.2) is 78.1 Å². The Bertz CT molecular complexity index is 2060. The molecule has 0 radical (unpaired) electrons. The van der Waals surface area contributed by atoms with E-state index in [1.165, 1.54) is 43.4 Å². The highest BCUT2D eigenvalue weighted by Crippen LogP contribution is 2.36. The van der Waals surface area contributed by atoms with Crippen molar-refractivity contribution < 1.29 is 37.3 Å². The highest BCUT2D eigenvalue weighted by molar-refractivity contribution is 6.04. The van der Waals surface area contributed by atoms with Crippen LogP contribution in [0.3, 0.4) is 0 Å². The number of hydrogen-bond acceptors (Lipinski definition) is 9. The minimum Gasteiger partial charge on any atom is -0.493 e. The van der Waals surface area contributed by atoms with E-state index >= 15 is 0 Å². The Morgan fingerprint density at radius 1 is 0.917 bits per heavy atom. The summed E-state index contributed by atoms with van der Waals surface area (Å²) in [6.45, 7) is 1.31. The van der Waals surface area contributed by atoms with Gasteiger partial charge in [-0.05, 0) is 36.4 Å². The van der Waals surface area contributed by atoms with Crippen molar-refractivity contribution in [3.63, 3.8) is 0 Å². The van der Waals surface area contributed by atoms with Crippen LogP contribution >= 0.6 is 0 Å². The molecule has 12 nitrogen and oxygen atoms in total. The summed E-state index contributed by atoms with van der Waals surface area (Å²) < 4.78 is 51.9. The van der Waals surface area contributed by atoms with Gasteiger partial charge < -0.3 is 33.7 Å². The van der Waals surface area contributed by atoms with Gasteiger partial charge in [0.1, 0.15) is 41.1 Å². The zero-order valence-electron chi connectivity index (χ0n) is 25.9. The van der Waals surface area contributed by atoms with Gasteiger partial charge >= 0.3 is 0 Å². The first kappa shape index (κ1) is 32.1. The van der Waals surface area contributed by atoms with Crippen molar-refractivity contribution in [3.05, 3.63) is 101 Å². The molecule has 0 spiro atoms. The van der Waals surface area contributed by atoms with Crippen LogP contribution in [0, 0.1) is 11.6 Å². The number of rotatable bonds is 9. The van der Waals surface area contributed by atoms with Gasteiger partial charge in [0, 0.05) is 60.3 Å². The number of methoxy groups -OCH3 is 2. The van der Waals surface area contributed by atoms with Crippen LogP contribution in [-0.2, 0) is 16.1 Å². The Morgan fingerprint density at radius 2 is 1.69 bits per heavy atom. The zero-order valence-corrected chi connectivity index (χ0v) is 25.9. The number of halogens is 2. The first-order valence-electron chi connectivity index (χ1n) is 14.7. The van der Waals surface area contributed by atoms with Gasteiger partial charge in [0.25, 0.3) is 5.91 Å². The number of fused-ring (bicyclic) bond motifs is 1. The summed E-state index contributed by atoms with van der Waals surface area (Å²) in [5, 5.41) is 3.23. The largest absolute Gasteiger partial charge is 0.493 e. The molecule has 0 unspecified atom stereocenters. The third-order valence-electron chi connectivity index (χ3n) is 7.64. The Labute approximate surface area is 272 Å². The van der Waals surface area contributed by atoms with E-state index in [2.05, 4.69) is 15.3 Å². The van der Waals surface area contributed by atoms with Crippen LogP contribution < -0.4 is 25.0 Å². The lowest BCUT2D eigenvalue weighted by Crippen LogP contribution is -2.42. The van der Waals surface area contributed by atoms with Crippen molar-refractivity contribution in [2.45, 2.75) is 6.54 Å². The second-order valence-corrected chi connectivity index (χ2v) is 10.7. The average molecular weight is 658 g/mol. The van der Waals surface area contributed by atoms with Gasteiger partial charge in [-0.1, -0.05) is 0 Å². The summed E-state index contributed by atoms with van der Waals surface area (Å²) in [6, 6.07) is 10.9. The van der Waals surface area contributed by atoms with Gasteiger partial charge in [-0.2, -0.15) is 0 Å². The minimum atomic E-state index is -0.993. The molecule has 1 saturated heterocycles. The molecule has 2 aromatic carbocycles. The first-order chi connectivity index (χ1) is 23.2. The third kappa shape index (κ3) is 6.78. The van der Waals surface area contributed by atoms with E-state index in [-0.39, 0.29) is 35.0 Å². The van der Waals surface area contributed by atoms with E-state index < -0.39 is 23.0 Å². The number of nitrogens with one attached hydrogen (secondary N) is 1. The lowest BCUT2D eigenvalue weighted by molar-refractivity contribution is -0.135. The molecule has 246 valence electrons. The summed E-state index contributed by atoms with van der Waals surface area (Å²) >= 11 is 0. The molecule has 1 aliphatic heterocycles. The fraction of sp³-hybridized carbons (Fsp3) is 0.206. The topological polar surface area (TPSA) is 134 Å². The Hall–Kier alpha value is -5.89. The molecule has 1 aliphatic rings. The molecule has 14 heteroatoms. The van der Waals surface area contributed by atoms with E-state index in [0.717, 1.165) is 12.1 Å². The number of aromatic nitrogens is 3. The maximum atomic E-state index is 14.8. The molecule has 6 rings (SSSR count). The molecular formula is C34H29F2N5O7. The number of anilines is 1. The van der Waals surface area contributed by atoms with Crippen LogP contribution in [0.4, 0.5) is 14.6 Å². The quantitative estimate of drug-likeness (QED) is 0.240. The first-order valence-corrected chi connectivity index (χ1v) is 14.7. The lowest BCUT2D eigenvalue weighted by atomic mass is 10.0. The van der Waals surface area contributed by atoms with Crippen LogP contribution in [0.2, 0.25) is 0 Å². The number of hydrogen-bond donors (Lipinski definition) is 1. The minimum absolute atomic E-state index is 0.0899. The molecule has 2 amide bonds. The zero-order chi connectivity index (χ0) is 33.8. The number of morpholine rings is 1. The predicted molar refractivity (Wildman–Crippen MR) is 171 cm³/mol. The van der Waals surface area contributed by atoms with Crippen molar-refractivity contribution in [1.29, 1.82) is 0 Å². The van der Waals surface area contributed by atoms with Gasteiger partial charge in [0.2, 0.25) is 11.3 Å². The van der Waals surface area contributed by atoms with Crippen molar-refractivity contribution in [2.24, 2.45) is 0 Å². The smallest absolute Gasteiger partial charge is 0.262 e. The molecular weight excluding hydrogens is 628 g/mol. The number of carbonyl (C=O) groups is 2. The Balaban J connectivity index is 1.26. The highest BCUT2D eigenvalue weighted by atomic mass is 19.1. The number of carbonyl (C=O) groups excluding carboxylic acids is 2. The van der Waals surface area contributed by atoms with Crippen LogP contribution in [0.1, 0.15) is 10.4 Å². The molecule has 0 bridgehead atoms. The van der Waals surface area contributed by atoms with Crippen LogP contribution in [0.5, 0.6) is 23.0 Å². The summed E-state index contributed by atoms with van der Waals surface area (Å²) in [7, 11) is 3.05. The van der Waals surface area contributed by atoms with Crippen molar-refractivity contribution in [1.82, 2.24) is 19.4 Å². The number of nitrogens with zero attached hydrogens (tertiary/aromatic N) is 4. The van der Waals surface area contributed by atoms with Crippen molar-refractivity contribution >= 4 is 28.5 Å². The standard InChI is InChI=1S/C34H29F2N5O7/c1-45-29-14-23-27(15-30(29)46-2)37-8-7-28(23)48-21-4-6-31(38-16-21)39-34(44)25-18-40(19-32(42)41-9-11-47-12-10-41)17-24(33(25)43)22-5-3-20(35)13-26(22)36/h3-8,13-18H,9-12,19H2,1-2H3,(H,38,39,44). The summed E-state index contributed by atoms with van der Waals surface area (Å²) in [4.78, 5) is 50.2. The molecule has 0 saturated carbocycles. The number of amides is 2. The average Bonchev–Trinajstić information content (AvgIpc) is 3.09. The van der Waals surface area contributed by atoms with E-state index in [4.69, 9.17) is 18.9 Å². The summed E-state index contributed by atoms with van der Waals surface area (Å²) in [5.41, 5.74) is -1.01. The van der Waals surface area contributed by atoms with Crippen molar-refractivity contribution in [3.8, 4) is 34.1 Å². The number of pyridine rings is 3. The molecule has 4 heterocycles. The van der Waals surface area contributed by atoms with Crippen LogP contribution in [0.25, 0.3) is 22.0 Å². The van der Waals surface area contributed by atoms with Gasteiger partial charge in [0.05, 0.1) is 39.1 Å². The predicted octanol–water partition coefficient (Wildman–Crippen LogP) is 4.66. The van der Waals surface area contributed by atoms with E-state index in [9.17, 15) is 23.2 Å². The van der Waals surface area contributed by atoms with E-state index in [1.54, 1.807) is 35.4 Å². The van der Waals surface area contributed by atoms with E-state index in [0.29, 0.717) is 66.3 Å². The molecule has 1 N–H and O–H groups in total. The third-order valence-corrected chi connectivity index (χ3v) is 7.64. The molecule has 1 fully saturated rings. The molecule has 3 aromatic heterocycles. The normalized spacial score (nSPS) is 12.9. The molecule has 48 heavy (non-hydrogen) atoms. The molecule has 5 aromatic rings. The fourth-order valence-electron chi connectivity index (χ4n) is 5.21. The monoisotopic (exact) mass is 657 g/mol. The fourth-order valence-corrected chi connectivity index (χ4v) is 5.21. The Morgan fingerprint density at radius 3 is 2.40 bits per heavy atom. The Kier molecular flexibility index (Phi) is 9.25. The van der Waals surface area contributed by atoms with Gasteiger partial charge in [0.15, 0.2) is 11.5 Å². The number of benzene rings is 2. The summed E-state index contributed by atoms with van der Waals surface area (Å²) in [6.07, 6.45) is 5.45. The molecule has 0 aliphatic carbocycles. The van der Waals surface area contributed by atoms with Crippen molar-refractivity contribution in [2.75, 3.05) is 45.8 Å². The van der Waals surface area contributed by atoms with E-state index in [1.807, 2.05) is 0 Å². The maximum Gasteiger partial charge on any atom is 0.262 e. The number of ether oxygens (including phenoxy) is 4. The summed E-state index contributed by atoms with van der Waals surface area (Å²) in [5.74, 6) is -1.04. The molecule has 0 atom stereocenters. The second kappa shape index (κ2) is 13.8. The van der Waals surface area contributed by atoms with Gasteiger partial charge in [-0.3, -0.25) is 19.4 Å².